The highest BCUT2D eigenvalue weighted by molar-refractivity contribution is 9.10. The number of carbonyl (C=O) groups is 1. The maximum absolute atomic E-state index is 13.5. The first-order valence-corrected chi connectivity index (χ1v) is 6.41. The molecule has 0 bridgehead atoms. The SMILES string of the molecule is O=C(c1cc(Br)cc(F)c1F)N1CCC(F)(F)CC1. The fraction of sp³-hybridized carbons (Fsp3) is 0.417. The molecule has 0 spiro atoms. The largest absolute Gasteiger partial charge is 0.338 e. The van der Waals surface area contributed by atoms with Gasteiger partial charge in [0, 0.05) is 30.4 Å². The Hall–Kier alpha value is -1.11. The van der Waals surface area contributed by atoms with E-state index in [4.69, 9.17) is 0 Å². The zero-order valence-corrected chi connectivity index (χ0v) is 11.3. The number of halogens is 5. The van der Waals surface area contributed by atoms with Gasteiger partial charge in [-0.2, -0.15) is 0 Å². The molecule has 0 radical (unpaired) electrons. The zero-order chi connectivity index (χ0) is 14.2. The Balaban J connectivity index is 2.21. The lowest BCUT2D eigenvalue weighted by Crippen LogP contribution is -2.43. The van der Waals surface area contributed by atoms with Gasteiger partial charge in [-0.3, -0.25) is 4.79 Å². The van der Waals surface area contributed by atoms with Gasteiger partial charge in [-0.15, -0.1) is 0 Å². The van der Waals surface area contributed by atoms with Gasteiger partial charge in [0.25, 0.3) is 11.8 Å². The Labute approximate surface area is 115 Å². The summed E-state index contributed by atoms with van der Waals surface area (Å²) < 4.78 is 52.9. The average molecular weight is 340 g/mol. The van der Waals surface area contributed by atoms with Gasteiger partial charge >= 0.3 is 0 Å². The van der Waals surface area contributed by atoms with E-state index in [1.54, 1.807) is 0 Å². The fourth-order valence-electron chi connectivity index (χ4n) is 1.92. The molecule has 1 aliphatic heterocycles. The minimum atomic E-state index is -2.79. The number of likely N-dealkylation sites (tertiary alicyclic amines) is 1. The van der Waals surface area contributed by atoms with Crippen LogP contribution in [0.4, 0.5) is 17.6 Å². The second-order valence-electron chi connectivity index (χ2n) is 4.40. The second-order valence-corrected chi connectivity index (χ2v) is 5.31. The van der Waals surface area contributed by atoms with E-state index in [2.05, 4.69) is 15.9 Å². The predicted octanol–water partition coefficient (Wildman–Crippen LogP) is 3.60. The Morgan fingerprint density at radius 3 is 2.37 bits per heavy atom. The van der Waals surface area contributed by atoms with E-state index in [1.165, 1.54) is 0 Å². The maximum Gasteiger partial charge on any atom is 0.256 e. The van der Waals surface area contributed by atoms with Crippen LogP contribution in [0.15, 0.2) is 16.6 Å². The molecule has 1 amide bonds. The van der Waals surface area contributed by atoms with Crippen LogP contribution in [-0.4, -0.2) is 29.8 Å². The van der Waals surface area contributed by atoms with E-state index < -0.39 is 41.9 Å². The van der Waals surface area contributed by atoms with Gasteiger partial charge in [0.05, 0.1) is 5.56 Å². The van der Waals surface area contributed by atoms with Crippen molar-refractivity contribution in [2.24, 2.45) is 0 Å². The highest BCUT2D eigenvalue weighted by atomic mass is 79.9. The highest BCUT2D eigenvalue weighted by Gasteiger charge is 2.36. The van der Waals surface area contributed by atoms with Gasteiger partial charge in [-0.25, -0.2) is 17.6 Å². The van der Waals surface area contributed by atoms with Crippen LogP contribution in [0.2, 0.25) is 0 Å². The summed E-state index contributed by atoms with van der Waals surface area (Å²) in [6.45, 7) is -0.335. The molecule has 0 unspecified atom stereocenters. The van der Waals surface area contributed by atoms with E-state index in [9.17, 15) is 22.4 Å². The number of hydrogen-bond acceptors (Lipinski definition) is 1. The molecule has 0 aliphatic carbocycles. The summed E-state index contributed by atoms with van der Waals surface area (Å²) in [5, 5.41) is 0. The van der Waals surface area contributed by atoms with Crippen molar-refractivity contribution in [3.05, 3.63) is 33.8 Å². The van der Waals surface area contributed by atoms with Crippen LogP contribution in [0.25, 0.3) is 0 Å². The van der Waals surface area contributed by atoms with Gasteiger partial charge in [0.2, 0.25) is 0 Å². The summed E-state index contributed by atoms with van der Waals surface area (Å²) in [4.78, 5) is 13.1. The highest BCUT2D eigenvalue weighted by Crippen LogP contribution is 2.29. The molecular formula is C12H10BrF4NO. The van der Waals surface area contributed by atoms with Crippen LogP contribution in [0.1, 0.15) is 23.2 Å². The Morgan fingerprint density at radius 2 is 1.79 bits per heavy atom. The zero-order valence-electron chi connectivity index (χ0n) is 9.73. The van der Waals surface area contributed by atoms with E-state index in [-0.39, 0.29) is 17.6 Å². The van der Waals surface area contributed by atoms with Crippen molar-refractivity contribution < 1.29 is 22.4 Å². The number of piperidine rings is 1. The molecule has 0 N–H and O–H groups in total. The molecule has 1 heterocycles. The molecule has 0 atom stereocenters. The first kappa shape index (κ1) is 14.3. The number of alkyl halides is 2. The summed E-state index contributed by atoms with van der Waals surface area (Å²) in [6, 6.07) is 2.05. The van der Waals surface area contributed by atoms with Gasteiger partial charge in [0.1, 0.15) is 0 Å². The molecule has 1 aromatic carbocycles. The summed E-state index contributed by atoms with van der Waals surface area (Å²) in [6.07, 6.45) is -0.923. The normalized spacial score (nSPS) is 18.5. The van der Waals surface area contributed by atoms with Crippen molar-refractivity contribution in [3.8, 4) is 0 Å². The van der Waals surface area contributed by atoms with Crippen molar-refractivity contribution >= 4 is 21.8 Å². The summed E-state index contributed by atoms with van der Waals surface area (Å²) >= 11 is 2.96. The summed E-state index contributed by atoms with van der Waals surface area (Å²) in [5.74, 6) is -5.98. The van der Waals surface area contributed by atoms with E-state index in [1.807, 2.05) is 0 Å². The first-order chi connectivity index (χ1) is 8.80. The smallest absolute Gasteiger partial charge is 0.256 e. The minimum Gasteiger partial charge on any atom is -0.338 e. The van der Waals surface area contributed by atoms with Crippen molar-refractivity contribution in [2.45, 2.75) is 18.8 Å². The van der Waals surface area contributed by atoms with Gasteiger partial charge in [-0.1, -0.05) is 15.9 Å². The van der Waals surface area contributed by atoms with Gasteiger partial charge in [-0.05, 0) is 12.1 Å². The van der Waals surface area contributed by atoms with E-state index in [0.29, 0.717) is 0 Å². The Morgan fingerprint density at radius 1 is 1.21 bits per heavy atom. The van der Waals surface area contributed by atoms with Gasteiger partial charge < -0.3 is 4.90 Å². The average Bonchev–Trinajstić information content (AvgIpc) is 2.33. The molecule has 2 rings (SSSR count). The van der Waals surface area contributed by atoms with E-state index in [0.717, 1.165) is 17.0 Å². The molecular weight excluding hydrogens is 330 g/mol. The van der Waals surface area contributed by atoms with Crippen molar-refractivity contribution in [3.63, 3.8) is 0 Å². The first-order valence-electron chi connectivity index (χ1n) is 5.62. The van der Waals surface area contributed by atoms with E-state index >= 15 is 0 Å². The number of benzene rings is 1. The molecule has 2 nitrogen and oxygen atoms in total. The predicted molar refractivity (Wildman–Crippen MR) is 64.1 cm³/mol. The van der Waals surface area contributed by atoms with Crippen LogP contribution < -0.4 is 0 Å². The molecule has 1 fully saturated rings. The van der Waals surface area contributed by atoms with Crippen molar-refractivity contribution in [1.82, 2.24) is 4.90 Å². The minimum absolute atomic E-state index is 0.167. The summed E-state index contributed by atoms with van der Waals surface area (Å²) in [5.41, 5.74) is -0.447. The molecule has 0 aromatic heterocycles. The Kier molecular flexibility index (Phi) is 3.85. The fourth-order valence-corrected chi connectivity index (χ4v) is 2.35. The molecule has 1 aromatic rings. The molecule has 19 heavy (non-hydrogen) atoms. The molecule has 0 saturated carbocycles. The lowest BCUT2D eigenvalue weighted by Gasteiger charge is -2.31. The lowest BCUT2D eigenvalue weighted by atomic mass is 10.1. The molecule has 104 valence electrons. The second kappa shape index (κ2) is 5.11. The number of carbonyl (C=O) groups excluding carboxylic acids is 1. The third-order valence-electron chi connectivity index (χ3n) is 3.01. The lowest BCUT2D eigenvalue weighted by molar-refractivity contribution is -0.0494. The number of amides is 1. The standard InChI is InChI=1S/C12H10BrF4NO/c13-7-5-8(10(15)9(14)6-7)11(19)18-3-1-12(16,17)2-4-18/h5-6H,1-4H2. The topological polar surface area (TPSA) is 20.3 Å². The van der Waals surface area contributed by atoms with Crippen LogP contribution in [0.5, 0.6) is 0 Å². The maximum atomic E-state index is 13.5. The molecule has 1 saturated heterocycles. The van der Waals surface area contributed by atoms with Crippen LogP contribution in [0, 0.1) is 11.6 Å². The Bertz CT molecular complexity index is 511. The number of rotatable bonds is 1. The van der Waals surface area contributed by atoms with Crippen molar-refractivity contribution in [2.75, 3.05) is 13.1 Å². The number of nitrogens with zero attached hydrogens (tertiary/aromatic N) is 1. The third kappa shape index (κ3) is 3.08. The third-order valence-corrected chi connectivity index (χ3v) is 3.46. The quantitative estimate of drug-likeness (QED) is 0.565. The van der Waals surface area contributed by atoms with Gasteiger partial charge in [0.15, 0.2) is 11.6 Å². The number of hydrogen-bond donors (Lipinski definition) is 0. The summed E-state index contributed by atoms with van der Waals surface area (Å²) in [7, 11) is 0. The monoisotopic (exact) mass is 339 g/mol. The molecule has 7 heteroatoms. The molecule has 1 aliphatic rings. The van der Waals surface area contributed by atoms with Crippen LogP contribution >= 0.6 is 15.9 Å². The van der Waals surface area contributed by atoms with Crippen LogP contribution in [0.3, 0.4) is 0 Å². The van der Waals surface area contributed by atoms with Crippen LogP contribution in [-0.2, 0) is 0 Å². The van der Waals surface area contributed by atoms with Crippen molar-refractivity contribution in [1.29, 1.82) is 0 Å².